The van der Waals surface area contributed by atoms with Gasteiger partial charge in [0.1, 0.15) is 0 Å². The molecule has 0 atom stereocenters. The van der Waals surface area contributed by atoms with Gasteiger partial charge in [0.2, 0.25) is 0 Å². The molecule has 0 spiro atoms. The van der Waals surface area contributed by atoms with Gasteiger partial charge in [-0.1, -0.05) is 41.4 Å². The molecule has 2 rings (SSSR count). The Morgan fingerprint density at radius 1 is 0.875 bits per heavy atom. The van der Waals surface area contributed by atoms with Gasteiger partial charge in [0.25, 0.3) is 0 Å². The van der Waals surface area contributed by atoms with Gasteiger partial charge in [0.15, 0.2) is 17.3 Å². The van der Waals surface area contributed by atoms with Crippen LogP contribution in [0.5, 0.6) is 11.5 Å². The molecular weight excluding hydrogens is 358 g/mol. The Morgan fingerprint density at radius 3 is 2.08 bits per heavy atom. The summed E-state index contributed by atoms with van der Waals surface area (Å²) >= 11 is 11.8. The van der Waals surface area contributed by atoms with E-state index in [1.165, 1.54) is 18.2 Å². The third kappa shape index (κ3) is 5.22. The van der Waals surface area contributed by atoms with Crippen LogP contribution in [-0.2, 0) is 9.59 Å². The number of hydrogen-bond acceptors (Lipinski definition) is 4. The van der Waals surface area contributed by atoms with Crippen molar-refractivity contribution < 1.29 is 23.5 Å². The normalized spacial score (nSPS) is 10.3. The minimum absolute atomic E-state index is 0.0338. The first kappa shape index (κ1) is 18.2. The lowest BCUT2D eigenvalue weighted by atomic mass is 10.2. The van der Waals surface area contributed by atoms with Crippen molar-refractivity contribution in [2.24, 2.45) is 0 Å². The summed E-state index contributed by atoms with van der Waals surface area (Å²) in [6.07, 6.45) is 0.0990. The SMILES string of the molecule is O=C(CCCC(=O)Oc1c(Cl)cccc1Cl)Oc1ccccc1F. The van der Waals surface area contributed by atoms with E-state index in [1.54, 1.807) is 24.3 Å². The number of halogens is 3. The van der Waals surface area contributed by atoms with E-state index in [4.69, 9.17) is 32.7 Å². The number of benzene rings is 2. The van der Waals surface area contributed by atoms with Gasteiger partial charge in [-0.25, -0.2) is 4.39 Å². The molecule has 0 aromatic heterocycles. The van der Waals surface area contributed by atoms with Gasteiger partial charge in [-0.2, -0.15) is 0 Å². The van der Waals surface area contributed by atoms with Crippen molar-refractivity contribution >= 4 is 35.1 Å². The van der Waals surface area contributed by atoms with E-state index in [1.807, 2.05) is 0 Å². The Bertz CT molecular complexity index is 729. The summed E-state index contributed by atoms with van der Waals surface area (Å²) in [5.41, 5.74) is 0. The Hall–Kier alpha value is -2.11. The van der Waals surface area contributed by atoms with Gasteiger partial charge in [-0.3, -0.25) is 9.59 Å². The third-order valence-corrected chi connectivity index (χ3v) is 3.55. The largest absolute Gasteiger partial charge is 0.423 e. The minimum atomic E-state index is -0.635. The molecule has 0 radical (unpaired) electrons. The van der Waals surface area contributed by atoms with Crippen molar-refractivity contribution in [1.82, 2.24) is 0 Å². The number of rotatable bonds is 6. The van der Waals surface area contributed by atoms with Crippen LogP contribution in [0.25, 0.3) is 0 Å². The second-order valence-electron chi connectivity index (χ2n) is 4.78. The summed E-state index contributed by atoms with van der Waals surface area (Å²) in [5, 5.41) is 0.435. The fraction of sp³-hybridized carbons (Fsp3) is 0.176. The molecule has 0 amide bonds. The maximum Gasteiger partial charge on any atom is 0.311 e. The first-order chi connectivity index (χ1) is 11.5. The van der Waals surface area contributed by atoms with Crippen LogP contribution in [0, 0.1) is 5.82 Å². The summed E-state index contributed by atoms with van der Waals surface area (Å²) in [5.74, 6) is -1.90. The van der Waals surface area contributed by atoms with Crippen LogP contribution in [0.4, 0.5) is 4.39 Å². The van der Waals surface area contributed by atoms with Crippen LogP contribution in [0.2, 0.25) is 10.0 Å². The van der Waals surface area contributed by atoms with E-state index in [-0.39, 0.29) is 40.8 Å². The molecule has 24 heavy (non-hydrogen) atoms. The molecule has 7 heteroatoms. The fourth-order valence-electron chi connectivity index (χ4n) is 1.82. The number of ether oxygens (including phenoxy) is 2. The maximum atomic E-state index is 13.3. The van der Waals surface area contributed by atoms with E-state index < -0.39 is 17.8 Å². The smallest absolute Gasteiger partial charge is 0.311 e. The van der Waals surface area contributed by atoms with Crippen LogP contribution in [0.15, 0.2) is 42.5 Å². The van der Waals surface area contributed by atoms with Crippen LogP contribution in [-0.4, -0.2) is 11.9 Å². The van der Waals surface area contributed by atoms with Crippen molar-refractivity contribution in [1.29, 1.82) is 0 Å². The number of hydrogen-bond donors (Lipinski definition) is 0. The molecule has 0 N–H and O–H groups in total. The Kier molecular flexibility index (Phi) is 6.58. The zero-order valence-corrected chi connectivity index (χ0v) is 13.9. The molecule has 0 saturated carbocycles. The zero-order chi connectivity index (χ0) is 17.5. The molecule has 4 nitrogen and oxygen atoms in total. The van der Waals surface area contributed by atoms with Crippen LogP contribution >= 0.6 is 23.2 Å². The first-order valence-corrected chi connectivity index (χ1v) is 7.83. The highest BCUT2D eigenvalue weighted by Crippen LogP contribution is 2.32. The monoisotopic (exact) mass is 370 g/mol. The molecule has 0 heterocycles. The number of esters is 2. The van der Waals surface area contributed by atoms with Crippen LogP contribution < -0.4 is 9.47 Å². The van der Waals surface area contributed by atoms with E-state index in [0.29, 0.717) is 0 Å². The fourth-order valence-corrected chi connectivity index (χ4v) is 2.30. The van der Waals surface area contributed by atoms with Gasteiger partial charge in [0, 0.05) is 12.8 Å². The summed E-state index contributed by atoms with van der Waals surface area (Å²) in [7, 11) is 0. The molecule has 0 aliphatic rings. The lowest BCUT2D eigenvalue weighted by molar-refractivity contribution is -0.136. The molecular formula is C17H13Cl2FO4. The third-order valence-electron chi connectivity index (χ3n) is 2.96. The van der Waals surface area contributed by atoms with Crippen molar-refractivity contribution in [2.75, 3.05) is 0 Å². The Morgan fingerprint density at radius 2 is 1.46 bits per heavy atom. The molecule has 0 aliphatic heterocycles. The molecule has 0 aliphatic carbocycles. The second-order valence-corrected chi connectivity index (χ2v) is 5.60. The first-order valence-electron chi connectivity index (χ1n) is 7.07. The lowest BCUT2D eigenvalue weighted by Gasteiger charge is -2.08. The van der Waals surface area contributed by atoms with Crippen molar-refractivity contribution in [3.8, 4) is 11.5 Å². The second kappa shape index (κ2) is 8.66. The molecule has 0 saturated heterocycles. The zero-order valence-electron chi connectivity index (χ0n) is 12.4. The molecule has 2 aromatic carbocycles. The average molecular weight is 371 g/mol. The average Bonchev–Trinajstić information content (AvgIpc) is 2.53. The van der Waals surface area contributed by atoms with Crippen LogP contribution in [0.3, 0.4) is 0 Å². The molecule has 0 fully saturated rings. The number of carbonyl (C=O) groups excluding carboxylic acids is 2. The molecule has 126 valence electrons. The van der Waals surface area contributed by atoms with E-state index >= 15 is 0 Å². The number of carbonyl (C=O) groups is 2. The summed E-state index contributed by atoms with van der Waals surface area (Å²) in [6, 6.07) is 10.3. The quantitative estimate of drug-likeness (QED) is 0.540. The van der Waals surface area contributed by atoms with Gasteiger partial charge >= 0.3 is 11.9 Å². The van der Waals surface area contributed by atoms with E-state index in [2.05, 4.69) is 0 Å². The van der Waals surface area contributed by atoms with Gasteiger partial charge < -0.3 is 9.47 Å². The predicted molar refractivity (Wildman–Crippen MR) is 88.0 cm³/mol. The van der Waals surface area contributed by atoms with Gasteiger partial charge in [0.05, 0.1) is 10.0 Å². The Labute approximate surface area is 148 Å². The number of para-hydroxylation sites is 2. The van der Waals surface area contributed by atoms with Crippen molar-refractivity contribution in [3.63, 3.8) is 0 Å². The summed E-state index contributed by atoms with van der Waals surface area (Å²) < 4.78 is 23.3. The predicted octanol–water partition coefficient (Wildman–Crippen LogP) is 4.81. The summed E-state index contributed by atoms with van der Waals surface area (Å²) in [4.78, 5) is 23.4. The van der Waals surface area contributed by atoms with Gasteiger partial charge in [-0.05, 0) is 30.7 Å². The summed E-state index contributed by atoms with van der Waals surface area (Å²) in [6.45, 7) is 0. The van der Waals surface area contributed by atoms with E-state index in [0.717, 1.165) is 0 Å². The van der Waals surface area contributed by atoms with Gasteiger partial charge in [-0.15, -0.1) is 0 Å². The van der Waals surface area contributed by atoms with Crippen molar-refractivity contribution in [3.05, 3.63) is 58.3 Å². The molecule has 0 unspecified atom stereocenters. The minimum Gasteiger partial charge on any atom is -0.423 e. The lowest BCUT2D eigenvalue weighted by Crippen LogP contribution is -2.12. The highest BCUT2D eigenvalue weighted by molar-refractivity contribution is 6.37. The Balaban J connectivity index is 1.78. The standard InChI is InChI=1S/C17H13Cl2FO4/c18-11-5-3-6-12(19)17(11)24-16(22)10-4-9-15(21)23-14-8-2-1-7-13(14)20/h1-3,5-8H,4,9-10H2. The highest BCUT2D eigenvalue weighted by atomic mass is 35.5. The maximum absolute atomic E-state index is 13.3. The highest BCUT2D eigenvalue weighted by Gasteiger charge is 2.14. The topological polar surface area (TPSA) is 52.6 Å². The van der Waals surface area contributed by atoms with E-state index in [9.17, 15) is 14.0 Å². The molecule has 0 bridgehead atoms. The van der Waals surface area contributed by atoms with Crippen molar-refractivity contribution in [2.45, 2.75) is 19.3 Å². The van der Waals surface area contributed by atoms with Crippen LogP contribution in [0.1, 0.15) is 19.3 Å². The molecule has 2 aromatic rings.